The van der Waals surface area contributed by atoms with Crippen LogP contribution >= 0.6 is 22.7 Å². The Labute approximate surface area is 116 Å². The number of fused-ring (bicyclic) bond motifs is 1. The van der Waals surface area contributed by atoms with Crippen LogP contribution in [0.5, 0.6) is 0 Å². The van der Waals surface area contributed by atoms with E-state index in [0.717, 1.165) is 6.42 Å². The fraction of sp³-hybridized carbons (Fsp3) is 0.429. The lowest BCUT2D eigenvalue weighted by molar-refractivity contribution is 0.564. The van der Waals surface area contributed by atoms with Crippen LogP contribution in [-0.4, -0.2) is 0 Å². The zero-order valence-corrected chi connectivity index (χ0v) is 11.9. The van der Waals surface area contributed by atoms with Gasteiger partial charge in [-0.15, -0.1) is 22.7 Å². The summed E-state index contributed by atoms with van der Waals surface area (Å²) in [5.41, 5.74) is 4.55. The summed E-state index contributed by atoms with van der Waals surface area (Å²) < 4.78 is 0. The first-order valence-corrected chi connectivity index (χ1v) is 8.16. The number of nitrogens with one attached hydrogen (secondary N) is 1. The minimum atomic E-state index is 0.263. The maximum absolute atomic E-state index is 5.74. The van der Waals surface area contributed by atoms with Crippen molar-refractivity contribution >= 4 is 22.7 Å². The highest BCUT2D eigenvalue weighted by atomic mass is 32.1. The Hall–Kier alpha value is -0.680. The Morgan fingerprint density at radius 3 is 2.94 bits per heavy atom. The fourth-order valence-corrected chi connectivity index (χ4v) is 4.63. The highest BCUT2D eigenvalue weighted by Gasteiger charge is 2.19. The van der Waals surface area contributed by atoms with E-state index in [2.05, 4.69) is 29.0 Å². The van der Waals surface area contributed by atoms with Crippen LogP contribution in [0.25, 0.3) is 0 Å². The molecule has 0 bridgehead atoms. The number of hydrazine groups is 1. The van der Waals surface area contributed by atoms with Crippen molar-refractivity contribution in [2.45, 2.75) is 38.1 Å². The highest BCUT2D eigenvalue weighted by molar-refractivity contribution is 7.12. The molecule has 0 aliphatic heterocycles. The van der Waals surface area contributed by atoms with Crippen molar-refractivity contribution in [3.05, 3.63) is 43.8 Å². The van der Waals surface area contributed by atoms with Crippen molar-refractivity contribution in [1.29, 1.82) is 0 Å². The molecule has 3 N–H and O–H groups in total. The molecule has 2 heterocycles. The van der Waals surface area contributed by atoms with E-state index in [1.54, 1.807) is 21.8 Å². The van der Waals surface area contributed by atoms with Gasteiger partial charge >= 0.3 is 0 Å². The molecule has 4 heteroatoms. The maximum Gasteiger partial charge on any atom is 0.0601 e. The summed E-state index contributed by atoms with van der Waals surface area (Å²) in [5.74, 6) is 5.74. The van der Waals surface area contributed by atoms with E-state index in [1.165, 1.54) is 35.4 Å². The standard InChI is InChI=1S/C14H18N2S2/c15-16-12(9-11-5-3-7-17-11)14-8-10-4-1-2-6-13(10)18-14/h3,5,7-8,12,16H,1-2,4,6,9,15H2. The van der Waals surface area contributed by atoms with Gasteiger partial charge in [0, 0.05) is 21.1 Å². The molecule has 0 amide bonds. The second kappa shape index (κ2) is 5.53. The summed E-state index contributed by atoms with van der Waals surface area (Å²) in [7, 11) is 0. The summed E-state index contributed by atoms with van der Waals surface area (Å²) in [6.07, 6.45) is 6.19. The van der Waals surface area contributed by atoms with Crippen LogP contribution in [0.1, 0.15) is 39.1 Å². The third-order valence-electron chi connectivity index (χ3n) is 3.55. The predicted molar refractivity (Wildman–Crippen MR) is 79.0 cm³/mol. The second-order valence-corrected chi connectivity index (χ2v) is 7.01. The van der Waals surface area contributed by atoms with Crippen molar-refractivity contribution in [3.63, 3.8) is 0 Å². The van der Waals surface area contributed by atoms with Gasteiger partial charge in [-0.2, -0.15) is 0 Å². The van der Waals surface area contributed by atoms with Gasteiger partial charge in [0.1, 0.15) is 0 Å². The van der Waals surface area contributed by atoms with Gasteiger partial charge in [-0.05, 0) is 48.8 Å². The highest BCUT2D eigenvalue weighted by Crippen LogP contribution is 2.34. The van der Waals surface area contributed by atoms with Gasteiger partial charge < -0.3 is 0 Å². The number of hydrogen-bond donors (Lipinski definition) is 2. The van der Waals surface area contributed by atoms with Gasteiger partial charge in [0.15, 0.2) is 0 Å². The molecule has 0 fully saturated rings. The molecule has 2 aromatic heterocycles. The summed E-state index contributed by atoms with van der Waals surface area (Å²) in [4.78, 5) is 4.38. The third kappa shape index (κ3) is 2.52. The SMILES string of the molecule is NNC(Cc1cccs1)c1cc2c(s1)CCCC2. The molecular formula is C14H18N2S2. The van der Waals surface area contributed by atoms with E-state index in [0.29, 0.717) is 0 Å². The number of thiophene rings is 2. The molecule has 18 heavy (non-hydrogen) atoms. The Balaban J connectivity index is 1.80. The monoisotopic (exact) mass is 278 g/mol. The van der Waals surface area contributed by atoms with Gasteiger partial charge in [-0.3, -0.25) is 11.3 Å². The molecule has 96 valence electrons. The van der Waals surface area contributed by atoms with Crippen LogP contribution in [0.4, 0.5) is 0 Å². The largest absolute Gasteiger partial charge is 0.271 e. The molecular weight excluding hydrogens is 260 g/mol. The first-order valence-electron chi connectivity index (χ1n) is 6.47. The summed E-state index contributed by atoms with van der Waals surface area (Å²) in [6, 6.07) is 6.92. The van der Waals surface area contributed by atoms with E-state index >= 15 is 0 Å². The first kappa shape index (κ1) is 12.4. The minimum absolute atomic E-state index is 0.263. The molecule has 1 unspecified atom stereocenters. The average Bonchev–Trinajstić information content (AvgIpc) is 3.04. The van der Waals surface area contributed by atoms with E-state index in [-0.39, 0.29) is 6.04 Å². The lowest BCUT2D eigenvalue weighted by Gasteiger charge is -2.12. The lowest BCUT2D eigenvalue weighted by atomic mass is 9.98. The molecule has 0 saturated heterocycles. The quantitative estimate of drug-likeness (QED) is 0.664. The lowest BCUT2D eigenvalue weighted by Crippen LogP contribution is -2.28. The molecule has 0 spiro atoms. The van der Waals surface area contributed by atoms with Crippen LogP contribution < -0.4 is 11.3 Å². The summed E-state index contributed by atoms with van der Waals surface area (Å²) >= 11 is 3.76. The predicted octanol–water partition coefficient (Wildman–Crippen LogP) is 3.44. The van der Waals surface area contributed by atoms with Crippen LogP contribution in [0.2, 0.25) is 0 Å². The normalized spacial score (nSPS) is 16.5. The van der Waals surface area contributed by atoms with Crippen LogP contribution in [0.3, 0.4) is 0 Å². The van der Waals surface area contributed by atoms with Gasteiger partial charge in [-0.1, -0.05) is 6.07 Å². The zero-order valence-electron chi connectivity index (χ0n) is 10.3. The van der Waals surface area contributed by atoms with Crippen molar-refractivity contribution in [3.8, 4) is 0 Å². The number of rotatable bonds is 4. The Morgan fingerprint density at radius 2 is 2.22 bits per heavy atom. The van der Waals surface area contributed by atoms with Crippen molar-refractivity contribution in [2.24, 2.45) is 5.84 Å². The summed E-state index contributed by atoms with van der Waals surface area (Å²) in [6.45, 7) is 0. The number of hydrogen-bond acceptors (Lipinski definition) is 4. The van der Waals surface area contributed by atoms with E-state index in [4.69, 9.17) is 5.84 Å². The fourth-order valence-electron chi connectivity index (χ4n) is 2.56. The Bertz CT molecular complexity index is 478. The van der Waals surface area contributed by atoms with Gasteiger partial charge in [0.25, 0.3) is 0 Å². The number of aryl methyl sites for hydroxylation is 2. The maximum atomic E-state index is 5.74. The van der Waals surface area contributed by atoms with E-state index < -0.39 is 0 Å². The van der Waals surface area contributed by atoms with Crippen LogP contribution in [0.15, 0.2) is 23.6 Å². The van der Waals surface area contributed by atoms with Gasteiger partial charge in [0.05, 0.1) is 6.04 Å². The van der Waals surface area contributed by atoms with Crippen molar-refractivity contribution < 1.29 is 0 Å². The molecule has 1 aliphatic carbocycles. The van der Waals surface area contributed by atoms with E-state index in [9.17, 15) is 0 Å². The smallest absolute Gasteiger partial charge is 0.0601 e. The molecule has 0 radical (unpaired) electrons. The zero-order chi connectivity index (χ0) is 12.4. The molecule has 2 aromatic rings. The Morgan fingerprint density at radius 1 is 1.33 bits per heavy atom. The topological polar surface area (TPSA) is 38.0 Å². The van der Waals surface area contributed by atoms with Gasteiger partial charge in [0.2, 0.25) is 0 Å². The molecule has 3 rings (SSSR count). The average molecular weight is 278 g/mol. The van der Waals surface area contributed by atoms with E-state index in [1.807, 2.05) is 11.3 Å². The van der Waals surface area contributed by atoms with Gasteiger partial charge in [-0.25, -0.2) is 0 Å². The van der Waals surface area contributed by atoms with Crippen LogP contribution in [-0.2, 0) is 19.3 Å². The van der Waals surface area contributed by atoms with Crippen molar-refractivity contribution in [1.82, 2.24) is 5.43 Å². The minimum Gasteiger partial charge on any atom is -0.271 e. The number of nitrogens with two attached hydrogens (primary N) is 1. The molecule has 2 nitrogen and oxygen atoms in total. The molecule has 1 aliphatic rings. The summed E-state index contributed by atoms with van der Waals surface area (Å²) in [5, 5.41) is 2.13. The van der Waals surface area contributed by atoms with Crippen LogP contribution in [0, 0.1) is 0 Å². The molecule has 0 saturated carbocycles. The Kier molecular flexibility index (Phi) is 3.80. The second-order valence-electron chi connectivity index (χ2n) is 4.81. The van der Waals surface area contributed by atoms with Crippen molar-refractivity contribution in [2.75, 3.05) is 0 Å². The molecule has 0 aromatic carbocycles. The third-order valence-corrected chi connectivity index (χ3v) is 5.80. The first-order chi connectivity index (χ1) is 8.86. The molecule has 1 atom stereocenters.